The number of carbonyl (C=O) groups is 3. The molecule has 2 rings (SSSR count). The van der Waals surface area contributed by atoms with Crippen LogP contribution in [0.3, 0.4) is 0 Å². The van der Waals surface area contributed by atoms with Crippen molar-refractivity contribution < 1.29 is 23.2 Å². The molecule has 0 spiro atoms. The van der Waals surface area contributed by atoms with Gasteiger partial charge in [0.1, 0.15) is 29.4 Å². The summed E-state index contributed by atoms with van der Waals surface area (Å²) in [4.78, 5) is 39.8. The Kier molecular flexibility index (Phi) is 7.52. The SMILES string of the molecule is CN[C@@H](C)C(=O)N[C@H](C(=O)N1CCC[C@H]1C(=O)Nc1c(F)cccc1F)C(C)(C)C. The summed E-state index contributed by atoms with van der Waals surface area (Å²) in [5, 5.41) is 7.86. The zero-order valence-corrected chi connectivity index (χ0v) is 18.0. The number of rotatable bonds is 6. The van der Waals surface area contributed by atoms with E-state index in [1.54, 1.807) is 14.0 Å². The van der Waals surface area contributed by atoms with E-state index in [0.29, 0.717) is 19.4 Å². The first kappa shape index (κ1) is 23.7. The van der Waals surface area contributed by atoms with Crippen LogP contribution in [0, 0.1) is 17.0 Å². The first-order chi connectivity index (χ1) is 14.0. The van der Waals surface area contributed by atoms with Crippen molar-refractivity contribution in [1.82, 2.24) is 15.5 Å². The molecule has 7 nitrogen and oxygen atoms in total. The van der Waals surface area contributed by atoms with E-state index in [4.69, 9.17) is 0 Å². The van der Waals surface area contributed by atoms with Gasteiger partial charge in [-0.05, 0) is 44.4 Å². The molecule has 3 amide bonds. The molecule has 1 aromatic rings. The number of hydrogen-bond donors (Lipinski definition) is 3. The second-order valence-electron chi connectivity index (χ2n) is 8.59. The lowest BCUT2D eigenvalue weighted by Crippen LogP contribution is -2.59. The van der Waals surface area contributed by atoms with Crippen molar-refractivity contribution in [3.63, 3.8) is 0 Å². The van der Waals surface area contributed by atoms with Gasteiger partial charge in [0.05, 0.1) is 6.04 Å². The highest BCUT2D eigenvalue weighted by Gasteiger charge is 2.42. The Morgan fingerprint density at radius 3 is 2.30 bits per heavy atom. The Morgan fingerprint density at radius 1 is 1.17 bits per heavy atom. The number of anilines is 1. The zero-order chi connectivity index (χ0) is 22.6. The predicted octanol–water partition coefficient (Wildman–Crippen LogP) is 2.03. The summed E-state index contributed by atoms with van der Waals surface area (Å²) in [7, 11) is 1.64. The van der Waals surface area contributed by atoms with Gasteiger partial charge < -0.3 is 20.9 Å². The van der Waals surface area contributed by atoms with Gasteiger partial charge in [-0.3, -0.25) is 14.4 Å². The lowest BCUT2D eigenvalue weighted by atomic mass is 9.85. The number of likely N-dealkylation sites (tertiary alicyclic amines) is 1. The van der Waals surface area contributed by atoms with Gasteiger partial charge in [0.15, 0.2) is 0 Å². The summed E-state index contributed by atoms with van der Waals surface area (Å²) in [6.45, 7) is 7.45. The molecule has 0 saturated carbocycles. The molecule has 1 heterocycles. The Hall–Kier alpha value is -2.55. The van der Waals surface area contributed by atoms with Crippen molar-refractivity contribution >= 4 is 23.4 Å². The van der Waals surface area contributed by atoms with Crippen molar-refractivity contribution in [2.75, 3.05) is 18.9 Å². The zero-order valence-electron chi connectivity index (χ0n) is 18.0. The van der Waals surface area contributed by atoms with Gasteiger partial charge in [0.25, 0.3) is 0 Å². The minimum absolute atomic E-state index is 0.320. The van der Waals surface area contributed by atoms with Gasteiger partial charge in [-0.15, -0.1) is 0 Å². The highest BCUT2D eigenvalue weighted by molar-refractivity contribution is 5.99. The highest BCUT2D eigenvalue weighted by atomic mass is 19.1. The van der Waals surface area contributed by atoms with Crippen molar-refractivity contribution in [2.24, 2.45) is 5.41 Å². The number of nitrogens with zero attached hydrogens (tertiary/aromatic N) is 1. The second-order valence-corrected chi connectivity index (χ2v) is 8.59. The molecule has 0 unspecified atom stereocenters. The standard InChI is InChI=1S/C21H30F2N4O3/c1-12(24-5)18(28)26-17(21(2,3)4)20(30)27-11-7-10-15(27)19(29)25-16-13(22)8-6-9-14(16)23/h6,8-9,12,15,17,24H,7,10-11H2,1-5H3,(H,25,29)(H,26,28)/t12-,15-,17+/m0/s1. The fourth-order valence-corrected chi connectivity index (χ4v) is 3.34. The third-order valence-electron chi connectivity index (χ3n) is 5.28. The van der Waals surface area contributed by atoms with E-state index in [2.05, 4.69) is 16.0 Å². The number of para-hydroxylation sites is 1. The van der Waals surface area contributed by atoms with Gasteiger partial charge in [-0.25, -0.2) is 8.78 Å². The van der Waals surface area contributed by atoms with Crippen LogP contribution in [0.5, 0.6) is 0 Å². The summed E-state index contributed by atoms with van der Waals surface area (Å²) in [5.41, 5.74) is -1.15. The van der Waals surface area contributed by atoms with Crippen LogP contribution >= 0.6 is 0 Å². The lowest BCUT2D eigenvalue weighted by molar-refractivity contribution is -0.143. The maximum absolute atomic E-state index is 13.9. The smallest absolute Gasteiger partial charge is 0.247 e. The normalized spacial score (nSPS) is 18.6. The van der Waals surface area contributed by atoms with Crippen molar-refractivity contribution in [2.45, 2.75) is 58.7 Å². The van der Waals surface area contributed by atoms with E-state index in [1.165, 1.54) is 11.0 Å². The van der Waals surface area contributed by atoms with Crippen LogP contribution in [0.15, 0.2) is 18.2 Å². The fourth-order valence-electron chi connectivity index (χ4n) is 3.34. The molecule has 0 bridgehead atoms. The van der Waals surface area contributed by atoms with Crippen LogP contribution in [0.2, 0.25) is 0 Å². The van der Waals surface area contributed by atoms with Gasteiger partial charge in [-0.1, -0.05) is 26.8 Å². The molecule has 166 valence electrons. The Bertz CT molecular complexity index is 790. The summed E-state index contributed by atoms with van der Waals surface area (Å²) < 4.78 is 27.8. The molecular weight excluding hydrogens is 394 g/mol. The molecule has 3 atom stereocenters. The molecule has 1 saturated heterocycles. The summed E-state index contributed by atoms with van der Waals surface area (Å²) in [6.07, 6.45) is 0.937. The third kappa shape index (κ3) is 5.33. The van der Waals surface area contributed by atoms with E-state index in [1.807, 2.05) is 20.8 Å². The van der Waals surface area contributed by atoms with E-state index in [-0.39, 0.29) is 5.91 Å². The number of halogens is 2. The summed E-state index contributed by atoms with van der Waals surface area (Å²) in [5.74, 6) is -3.17. The number of carbonyl (C=O) groups excluding carboxylic acids is 3. The average Bonchev–Trinajstić information content (AvgIpc) is 3.16. The van der Waals surface area contributed by atoms with Crippen LogP contribution in [-0.2, 0) is 14.4 Å². The second kappa shape index (κ2) is 9.51. The maximum atomic E-state index is 13.9. The van der Waals surface area contributed by atoms with Crippen LogP contribution in [0.1, 0.15) is 40.5 Å². The number of benzene rings is 1. The van der Waals surface area contributed by atoms with Gasteiger partial charge in [0.2, 0.25) is 17.7 Å². The molecule has 9 heteroatoms. The van der Waals surface area contributed by atoms with Gasteiger partial charge >= 0.3 is 0 Å². The number of amides is 3. The van der Waals surface area contributed by atoms with E-state index in [9.17, 15) is 23.2 Å². The summed E-state index contributed by atoms with van der Waals surface area (Å²) >= 11 is 0. The first-order valence-corrected chi connectivity index (χ1v) is 10.0. The average molecular weight is 424 g/mol. The molecular formula is C21H30F2N4O3. The topological polar surface area (TPSA) is 90.5 Å². The van der Waals surface area contributed by atoms with E-state index in [0.717, 1.165) is 12.1 Å². The molecule has 1 aromatic carbocycles. The number of hydrogen-bond acceptors (Lipinski definition) is 4. The van der Waals surface area contributed by atoms with E-state index < -0.39 is 52.7 Å². The van der Waals surface area contributed by atoms with Gasteiger partial charge in [0, 0.05) is 6.54 Å². The van der Waals surface area contributed by atoms with E-state index >= 15 is 0 Å². The minimum Gasteiger partial charge on any atom is -0.342 e. The number of likely N-dealkylation sites (N-methyl/N-ethyl adjacent to an activating group) is 1. The quantitative estimate of drug-likeness (QED) is 0.652. The predicted molar refractivity (Wildman–Crippen MR) is 110 cm³/mol. The van der Waals surface area contributed by atoms with Crippen molar-refractivity contribution in [3.8, 4) is 0 Å². The molecule has 1 fully saturated rings. The maximum Gasteiger partial charge on any atom is 0.247 e. The minimum atomic E-state index is -0.889. The molecule has 1 aliphatic rings. The lowest BCUT2D eigenvalue weighted by Gasteiger charge is -2.36. The Balaban J connectivity index is 2.21. The number of nitrogens with one attached hydrogen (secondary N) is 3. The molecule has 0 radical (unpaired) electrons. The van der Waals surface area contributed by atoms with Crippen LogP contribution in [-0.4, -0.2) is 54.3 Å². The van der Waals surface area contributed by atoms with Crippen LogP contribution in [0.25, 0.3) is 0 Å². The van der Waals surface area contributed by atoms with Crippen LogP contribution in [0.4, 0.5) is 14.5 Å². The molecule has 0 aromatic heterocycles. The largest absolute Gasteiger partial charge is 0.342 e. The monoisotopic (exact) mass is 424 g/mol. The van der Waals surface area contributed by atoms with Gasteiger partial charge in [-0.2, -0.15) is 0 Å². The first-order valence-electron chi connectivity index (χ1n) is 10.0. The molecule has 3 N–H and O–H groups in total. The Labute approximate surface area is 175 Å². The van der Waals surface area contributed by atoms with Crippen molar-refractivity contribution in [3.05, 3.63) is 29.8 Å². The molecule has 0 aliphatic carbocycles. The van der Waals surface area contributed by atoms with Crippen molar-refractivity contribution in [1.29, 1.82) is 0 Å². The highest BCUT2D eigenvalue weighted by Crippen LogP contribution is 2.27. The molecule has 30 heavy (non-hydrogen) atoms. The van der Waals surface area contributed by atoms with Crippen LogP contribution < -0.4 is 16.0 Å². The third-order valence-corrected chi connectivity index (χ3v) is 5.28. The molecule has 1 aliphatic heterocycles. The Morgan fingerprint density at radius 2 is 1.77 bits per heavy atom. The fraction of sp³-hybridized carbons (Fsp3) is 0.571. The summed E-state index contributed by atoms with van der Waals surface area (Å²) in [6, 6.07) is 1.06.